The van der Waals surface area contributed by atoms with Gasteiger partial charge in [-0.05, 0) is 29.1 Å². The molecule has 0 aliphatic carbocycles. The van der Waals surface area contributed by atoms with Gasteiger partial charge in [-0.25, -0.2) is 15.6 Å². The summed E-state index contributed by atoms with van der Waals surface area (Å²) in [5.41, 5.74) is 12.6. The molecular weight excluding hydrogens is 236 g/mol. The third kappa shape index (κ3) is 2.22. The van der Waals surface area contributed by atoms with Crippen LogP contribution in [0.1, 0.15) is 0 Å². The van der Waals surface area contributed by atoms with E-state index in [1.807, 2.05) is 23.6 Å². The first-order valence-electron chi connectivity index (χ1n) is 4.87. The fourth-order valence-electron chi connectivity index (χ4n) is 1.47. The molecule has 0 atom stereocenters. The Bertz CT molecular complexity index is 538. The van der Waals surface area contributed by atoms with Crippen molar-refractivity contribution in [3.8, 4) is 10.4 Å². The molecule has 1 aromatic heterocycles. The van der Waals surface area contributed by atoms with E-state index < -0.39 is 6.03 Å². The molecule has 0 spiro atoms. The molecule has 17 heavy (non-hydrogen) atoms. The molecule has 2 rings (SSSR count). The van der Waals surface area contributed by atoms with Gasteiger partial charge in [0.25, 0.3) is 0 Å². The quantitative estimate of drug-likeness (QED) is 0.327. The Kier molecular flexibility index (Phi) is 2.99. The van der Waals surface area contributed by atoms with E-state index in [0.717, 1.165) is 15.4 Å². The Hall–Kier alpha value is -2.05. The molecule has 1 aromatic carbocycles. The molecule has 0 saturated heterocycles. The van der Waals surface area contributed by atoms with Gasteiger partial charge < -0.3 is 11.5 Å². The molecule has 5 nitrogen and oxygen atoms in total. The van der Waals surface area contributed by atoms with Crippen molar-refractivity contribution in [2.75, 3.05) is 10.7 Å². The standard InChI is InChI=1S/C11H12N4OS/c12-8-4-3-7(10-2-1-5-17-10)6-9(8)15(14)11(13)16/h1-6H,12,14H2,(H2,13,16). The van der Waals surface area contributed by atoms with E-state index in [1.165, 1.54) is 0 Å². The fourth-order valence-corrected chi connectivity index (χ4v) is 2.19. The lowest BCUT2D eigenvalue weighted by Crippen LogP contribution is -2.41. The molecule has 1 heterocycles. The predicted molar refractivity (Wildman–Crippen MR) is 70.4 cm³/mol. The van der Waals surface area contributed by atoms with Crippen LogP contribution in [0.3, 0.4) is 0 Å². The fraction of sp³-hybridized carbons (Fsp3) is 0. The summed E-state index contributed by atoms with van der Waals surface area (Å²) in [4.78, 5) is 12.1. The summed E-state index contributed by atoms with van der Waals surface area (Å²) in [7, 11) is 0. The van der Waals surface area contributed by atoms with Gasteiger partial charge in [-0.15, -0.1) is 11.3 Å². The number of carbonyl (C=O) groups excluding carboxylic acids is 1. The SMILES string of the molecule is NC(=O)N(N)c1cc(-c2cccs2)ccc1N. The molecule has 0 unspecified atom stereocenters. The number of thiophene rings is 1. The van der Waals surface area contributed by atoms with Crippen molar-refractivity contribution < 1.29 is 4.79 Å². The number of hydrogen-bond acceptors (Lipinski definition) is 4. The topological polar surface area (TPSA) is 98.4 Å². The van der Waals surface area contributed by atoms with Crippen LogP contribution in [0, 0.1) is 0 Å². The van der Waals surface area contributed by atoms with E-state index in [1.54, 1.807) is 23.5 Å². The van der Waals surface area contributed by atoms with Crippen LogP contribution in [0.5, 0.6) is 0 Å². The lowest BCUT2D eigenvalue weighted by Gasteiger charge is -2.16. The maximum Gasteiger partial charge on any atom is 0.333 e. The molecular formula is C11H12N4OS. The number of anilines is 2. The van der Waals surface area contributed by atoms with Gasteiger partial charge >= 0.3 is 6.03 Å². The monoisotopic (exact) mass is 248 g/mol. The Labute approximate surface area is 102 Å². The van der Waals surface area contributed by atoms with Gasteiger partial charge in [-0.3, -0.25) is 0 Å². The average molecular weight is 248 g/mol. The summed E-state index contributed by atoms with van der Waals surface area (Å²) in [5.74, 6) is 5.54. The average Bonchev–Trinajstić information content (AvgIpc) is 2.82. The van der Waals surface area contributed by atoms with E-state index in [-0.39, 0.29) is 0 Å². The van der Waals surface area contributed by atoms with Gasteiger partial charge in [-0.1, -0.05) is 12.1 Å². The third-order valence-corrected chi connectivity index (χ3v) is 3.25. The van der Waals surface area contributed by atoms with Crippen molar-refractivity contribution >= 4 is 28.7 Å². The molecule has 88 valence electrons. The minimum Gasteiger partial charge on any atom is -0.397 e. The van der Waals surface area contributed by atoms with Crippen molar-refractivity contribution in [3.05, 3.63) is 35.7 Å². The first kappa shape index (κ1) is 11.4. The highest BCUT2D eigenvalue weighted by Crippen LogP contribution is 2.31. The summed E-state index contributed by atoms with van der Waals surface area (Å²) in [5, 5.41) is 2.81. The zero-order chi connectivity index (χ0) is 12.4. The molecule has 2 aromatic rings. The molecule has 0 bridgehead atoms. The van der Waals surface area contributed by atoms with E-state index in [9.17, 15) is 4.79 Å². The molecule has 0 aliphatic rings. The van der Waals surface area contributed by atoms with Crippen LogP contribution in [0.15, 0.2) is 35.7 Å². The first-order chi connectivity index (χ1) is 8.09. The van der Waals surface area contributed by atoms with Crippen molar-refractivity contribution in [1.82, 2.24) is 0 Å². The highest BCUT2D eigenvalue weighted by Gasteiger charge is 2.12. The predicted octanol–water partition coefficient (Wildman–Crippen LogP) is 1.76. The Morgan fingerprint density at radius 2 is 2.06 bits per heavy atom. The molecule has 2 amide bonds. The molecule has 6 heteroatoms. The van der Waals surface area contributed by atoms with Gasteiger partial charge in [0.2, 0.25) is 0 Å². The molecule has 0 aliphatic heterocycles. The van der Waals surface area contributed by atoms with Crippen LogP contribution >= 0.6 is 11.3 Å². The number of nitrogens with two attached hydrogens (primary N) is 3. The third-order valence-electron chi connectivity index (χ3n) is 2.33. The summed E-state index contributed by atoms with van der Waals surface area (Å²) in [6, 6.07) is 8.49. The summed E-state index contributed by atoms with van der Waals surface area (Å²) in [6.07, 6.45) is 0. The summed E-state index contributed by atoms with van der Waals surface area (Å²) in [6.45, 7) is 0. The smallest absolute Gasteiger partial charge is 0.333 e. The second-order valence-corrected chi connectivity index (χ2v) is 4.41. The normalized spacial score (nSPS) is 10.2. The summed E-state index contributed by atoms with van der Waals surface area (Å²) < 4.78 is 0. The zero-order valence-electron chi connectivity index (χ0n) is 8.96. The number of nitrogen functional groups attached to an aromatic ring is 1. The number of hydrogen-bond donors (Lipinski definition) is 3. The van der Waals surface area contributed by atoms with Gasteiger partial charge in [-0.2, -0.15) is 0 Å². The number of benzene rings is 1. The highest BCUT2D eigenvalue weighted by atomic mass is 32.1. The second-order valence-electron chi connectivity index (χ2n) is 3.46. The van der Waals surface area contributed by atoms with Crippen molar-refractivity contribution in [2.24, 2.45) is 11.6 Å². The van der Waals surface area contributed by atoms with E-state index in [2.05, 4.69) is 0 Å². The number of hydrazine groups is 1. The number of primary amides is 1. The lowest BCUT2D eigenvalue weighted by atomic mass is 10.1. The maximum absolute atomic E-state index is 11.0. The molecule has 0 fully saturated rings. The van der Waals surface area contributed by atoms with Crippen LogP contribution < -0.4 is 22.3 Å². The Balaban J connectivity index is 2.46. The number of nitrogens with zero attached hydrogens (tertiary/aromatic N) is 1. The van der Waals surface area contributed by atoms with Gasteiger partial charge in [0.05, 0.1) is 11.4 Å². The number of amides is 2. The second kappa shape index (κ2) is 4.44. The minimum atomic E-state index is -0.750. The van der Waals surface area contributed by atoms with Gasteiger partial charge in [0, 0.05) is 4.88 Å². The Morgan fingerprint density at radius 1 is 1.29 bits per heavy atom. The van der Waals surface area contributed by atoms with E-state index in [0.29, 0.717) is 11.4 Å². The van der Waals surface area contributed by atoms with E-state index in [4.69, 9.17) is 17.3 Å². The van der Waals surface area contributed by atoms with Crippen molar-refractivity contribution in [3.63, 3.8) is 0 Å². The number of carbonyl (C=O) groups is 1. The number of urea groups is 1. The maximum atomic E-state index is 11.0. The van der Waals surface area contributed by atoms with Crippen LogP contribution in [0.4, 0.5) is 16.2 Å². The van der Waals surface area contributed by atoms with Crippen molar-refractivity contribution in [2.45, 2.75) is 0 Å². The van der Waals surface area contributed by atoms with Crippen LogP contribution in [-0.2, 0) is 0 Å². The lowest BCUT2D eigenvalue weighted by molar-refractivity contribution is 0.254. The first-order valence-corrected chi connectivity index (χ1v) is 5.75. The van der Waals surface area contributed by atoms with Gasteiger partial charge in [0.1, 0.15) is 0 Å². The summed E-state index contributed by atoms with van der Waals surface area (Å²) >= 11 is 1.59. The highest BCUT2D eigenvalue weighted by molar-refractivity contribution is 7.13. The van der Waals surface area contributed by atoms with Gasteiger partial charge in [0.15, 0.2) is 0 Å². The van der Waals surface area contributed by atoms with Crippen LogP contribution in [-0.4, -0.2) is 6.03 Å². The Morgan fingerprint density at radius 3 is 2.65 bits per heavy atom. The van der Waals surface area contributed by atoms with E-state index >= 15 is 0 Å². The van der Waals surface area contributed by atoms with Crippen molar-refractivity contribution in [1.29, 1.82) is 0 Å². The zero-order valence-corrected chi connectivity index (χ0v) is 9.78. The van der Waals surface area contributed by atoms with Crippen LogP contribution in [0.2, 0.25) is 0 Å². The largest absolute Gasteiger partial charge is 0.397 e. The molecule has 0 saturated carbocycles. The molecule has 0 radical (unpaired) electrons. The minimum absolute atomic E-state index is 0.406. The molecule has 6 N–H and O–H groups in total. The number of rotatable bonds is 2. The van der Waals surface area contributed by atoms with Crippen LogP contribution in [0.25, 0.3) is 10.4 Å².